The second-order valence-electron chi connectivity index (χ2n) is 5.66. The molecule has 0 saturated heterocycles. The normalized spacial score (nSPS) is 12.2. The van der Waals surface area contributed by atoms with Crippen molar-refractivity contribution in [3.63, 3.8) is 0 Å². The van der Waals surface area contributed by atoms with Crippen LogP contribution in [0.15, 0.2) is 24.3 Å². The maximum Gasteiger partial charge on any atom is 0.341 e. The minimum Gasteiger partial charge on any atom is -0.492 e. The van der Waals surface area contributed by atoms with Gasteiger partial charge in [0.05, 0.1) is 13.2 Å². The highest BCUT2D eigenvalue weighted by molar-refractivity contribution is 5.92. The first-order valence-corrected chi connectivity index (χ1v) is 7.58. The molecule has 0 bridgehead atoms. The van der Waals surface area contributed by atoms with Crippen LogP contribution in [0.5, 0.6) is 5.75 Å². The van der Waals surface area contributed by atoms with Crippen molar-refractivity contribution in [1.82, 2.24) is 4.90 Å². The van der Waals surface area contributed by atoms with Gasteiger partial charge in [0, 0.05) is 12.5 Å². The summed E-state index contributed by atoms with van der Waals surface area (Å²) in [6.45, 7) is 6.18. The number of ether oxygens (including phenoxy) is 2. The van der Waals surface area contributed by atoms with Crippen LogP contribution in [0.2, 0.25) is 0 Å². The predicted octanol–water partition coefficient (Wildman–Crippen LogP) is 3.22. The van der Waals surface area contributed by atoms with Crippen molar-refractivity contribution in [2.45, 2.75) is 26.7 Å². The predicted molar refractivity (Wildman–Crippen MR) is 84.8 cm³/mol. The average molecular weight is 293 g/mol. The van der Waals surface area contributed by atoms with E-state index in [0.717, 1.165) is 19.4 Å². The lowest BCUT2D eigenvalue weighted by atomic mass is 10.2. The number of esters is 1. The van der Waals surface area contributed by atoms with E-state index in [0.29, 0.717) is 30.4 Å². The Bertz CT molecular complexity index is 432. The van der Waals surface area contributed by atoms with Crippen molar-refractivity contribution < 1.29 is 14.3 Å². The van der Waals surface area contributed by atoms with E-state index in [1.54, 1.807) is 6.07 Å². The molecule has 118 valence electrons. The van der Waals surface area contributed by atoms with Crippen LogP contribution in [-0.2, 0) is 4.74 Å². The van der Waals surface area contributed by atoms with Crippen molar-refractivity contribution in [3.05, 3.63) is 29.8 Å². The number of benzene rings is 1. The standard InChI is InChI=1S/C17H27NO3/c1-5-6-11-20-17(19)15-9-7-8-10-16(15)21-13-14(2)12-18(3)4/h7-10,14H,5-6,11-13H2,1-4H3. The fourth-order valence-corrected chi connectivity index (χ4v) is 2.06. The van der Waals surface area contributed by atoms with Gasteiger partial charge in [-0.3, -0.25) is 0 Å². The molecule has 1 rings (SSSR count). The van der Waals surface area contributed by atoms with Crippen LogP contribution in [0, 0.1) is 5.92 Å². The molecular formula is C17H27NO3. The third-order valence-corrected chi connectivity index (χ3v) is 3.04. The summed E-state index contributed by atoms with van der Waals surface area (Å²) in [6.07, 6.45) is 1.89. The SMILES string of the molecule is CCCCOC(=O)c1ccccc1OCC(C)CN(C)C. The first kappa shape index (κ1) is 17.5. The monoisotopic (exact) mass is 293 g/mol. The van der Waals surface area contributed by atoms with Gasteiger partial charge in [-0.15, -0.1) is 0 Å². The Labute approximate surface area is 128 Å². The number of nitrogens with zero attached hydrogens (tertiary/aromatic N) is 1. The molecule has 0 spiro atoms. The lowest BCUT2D eigenvalue weighted by molar-refractivity contribution is 0.0494. The molecule has 4 nitrogen and oxygen atoms in total. The fraction of sp³-hybridized carbons (Fsp3) is 0.588. The fourth-order valence-electron chi connectivity index (χ4n) is 2.06. The second kappa shape index (κ2) is 9.40. The van der Waals surface area contributed by atoms with Crippen molar-refractivity contribution >= 4 is 5.97 Å². The van der Waals surface area contributed by atoms with Gasteiger partial charge < -0.3 is 14.4 Å². The molecule has 0 aliphatic carbocycles. The first-order chi connectivity index (χ1) is 10.0. The third-order valence-electron chi connectivity index (χ3n) is 3.04. The summed E-state index contributed by atoms with van der Waals surface area (Å²) in [6, 6.07) is 7.26. The molecule has 0 aliphatic heterocycles. The first-order valence-electron chi connectivity index (χ1n) is 7.58. The van der Waals surface area contributed by atoms with Crippen LogP contribution in [0.1, 0.15) is 37.0 Å². The summed E-state index contributed by atoms with van der Waals surface area (Å²) in [5.74, 6) is 0.688. The van der Waals surface area contributed by atoms with Crippen LogP contribution in [0.4, 0.5) is 0 Å². The van der Waals surface area contributed by atoms with Gasteiger partial charge in [0.25, 0.3) is 0 Å². The smallest absolute Gasteiger partial charge is 0.341 e. The Morgan fingerprint density at radius 2 is 2.00 bits per heavy atom. The molecule has 0 aliphatic rings. The molecular weight excluding hydrogens is 266 g/mol. The lowest BCUT2D eigenvalue weighted by Gasteiger charge is -2.18. The van der Waals surface area contributed by atoms with E-state index in [1.165, 1.54) is 0 Å². The minimum absolute atomic E-state index is 0.306. The number of carbonyl (C=O) groups excluding carboxylic acids is 1. The average Bonchev–Trinajstić information content (AvgIpc) is 2.45. The van der Waals surface area contributed by atoms with Gasteiger partial charge in [-0.05, 0) is 32.6 Å². The molecule has 4 heteroatoms. The van der Waals surface area contributed by atoms with Crippen LogP contribution in [0.25, 0.3) is 0 Å². The Hall–Kier alpha value is -1.55. The van der Waals surface area contributed by atoms with Gasteiger partial charge in [0.15, 0.2) is 0 Å². The van der Waals surface area contributed by atoms with Gasteiger partial charge in [-0.1, -0.05) is 32.4 Å². The van der Waals surface area contributed by atoms with E-state index in [-0.39, 0.29) is 5.97 Å². The van der Waals surface area contributed by atoms with Gasteiger partial charge in [0.2, 0.25) is 0 Å². The number of unbranched alkanes of at least 4 members (excludes halogenated alkanes) is 1. The topological polar surface area (TPSA) is 38.8 Å². The van der Waals surface area contributed by atoms with Gasteiger partial charge in [-0.25, -0.2) is 4.79 Å². The van der Waals surface area contributed by atoms with Crippen molar-refractivity contribution in [3.8, 4) is 5.75 Å². The van der Waals surface area contributed by atoms with Crippen LogP contribution < -0.4 is 4.74 Å². The summed E-state index contributed by atoms with van der Waals surface area (Å²) < 4.78 is 11.1. The second-order valence-corrected chi connectivity index (χ2v) is 5.66. The third kappa shape index (κ3) is 6.63. The van der Waals surface area contributed by atoms with Crippen molar-refractivity contribution in [1.29, 1.82) is 0 Å². The Morgan fingerprint density at radius 3 is 2.67 bits per heavy atom. The highest BCUT2D eigenvalue weighted by Crippen LogP contribution is 2.20. The minimum atomic E-state index is -0.306. The number of rotatable bonds is 9. The molecule has 0 N–H and O–H groups in total. The van der Waals surface area contributed by atoms with E-state index in [2.05, 4.69) is 18.7 Å². The van der Waals surface area contributed by atoms with Crippen LogP contribution in [0.3, 0.4) is 0 Å². The zero-order valence-electron chi connectivity index (χ0n) is 13.6. The highest BCUT2D eigenvalue weighted by atomic mass is 16.5. The van der Waals surface area contributed by atoms with E-state index in [9.17, 15) is 4.79 Å². The van der Waals surface area contributed by atoms with Gasteiger partial charge >= 0.3 is 5.97 Å². The quantitative estimate of drug-likeness (QED) is 0.517. The van der Waals surface area contributed by atoms with Gasteiger partial charge in [-0.2, -0.15) is 0 Å². The zero-order valence-corrected chi connectivity index (χ0v) is 13.6. The number of carbonyl (C=O) groups is 1. The maximum absolute atomic E-state index is 12.1. The Kier molecular flexibility index (Phi) is 7.83. The molecule has 0 radical (unpaired) electrons. The van der Waals surface area contributed by atoms with Crippen LogP contribution in [-0.4, -0.2) is 44.7 Å². The Morgan fingerprint density at radius 1 is 1.29 bits per heavy atom. The molecule has 0 saturated carbocycles. The molecule has 1 aromatic carbocycles. The zero-order chi connectivity index (χ0) is 15.7. The summed E-state index contributed by atoms with van der Waals surface area (Å²) in [7, 11) is 4.07. The molecule has 1 atom stereocenters. The molecule has 0 aromatic heterocycles. The summed E-state index contributed by atoms with van der Waals surface area (Å²) in [5, 5.41) is 0. The van der Waals surface area contributed by atoms with E-state index >= 15 is 0 Å². The summed E-state index contributed by atoms with van der Waals surface area (Å²) >= 11 is 0. The van der Waals surface area contributed by atoms with Crippen LogP contribution >= 0.6 is 0 Å². The van der Waals surface area contributed by atoms with E-state index in [4.69, 9.17) is 9.47 Å². The lowest BCUT2D eigenvalue weighted by Crippen LogP contribution is -2.24. The van der Waals surface area contributed by atoms with Gasteiger partial charge in [0.1, 0.15) is 11.3 Å². The largest absolute Gasteiger partial charge is 0.492 e. The number of para-hydroxylation sites is 1. The molecule has 0 heterocycles. The summed E-state index contributed by atoms with van der Waals surface area (Å²) in [4.78, 5) is 14.2. The molecule has 0 amide bonds. The Balaban J connectivity index is 2.60. The maximum atomic E-state index is 12.1. The van der Waals surface area contributed by atoms with Crippen molar-refractivity contribution in [2.24, 2.45) is 5.92 Å². The molecule has 21 heavy (non-hydrogen) atoms. The number of hydrogen-bond acceptors (Lipinski definition) is 4. The molecule has 0 fully saturated rings. The summed E-state index contributed by atoms with van der Waals surface area (Å²) in [5.41, 5.74) is 0.505. The molecule has 1 unspecified atom stereocenters. The number of hydrogen-bond donors (Lipinski definition) is 0. The highest BCUT2D eigenvalue weighted by Gasteiger charge is 2.14. The van der Waals surface area contributed by atoms with E-state index < -0.39 is 0 Å². The van der Waals surface area contributed by atoms with Crippen molar-refractivity contribution in [2.75, 3.05) is 33.9 Å². The van der Waals surface area contributed by atoms with E-state index in [1.807, 2.05) is 32.3 Å². The molecule has 1 aromatic rings.